The summed E-state index contributed by atoms with van der Waals surface area (Å²) in [6.07, 6.45) is 32.1. The van der Waals surface area contributed by atoms with Gasteiger partial charge in [-0.2, -0.15) is 0 Å². The molecule has 0 aliphatic heterocycles. The average molecular weight is 554 g/mol. The van der Waals surface area contributed by atoms with Crippen LogP contribution in [-0.4, -0.2) is 46.1 Å². The molecule has 5 nitrogen and oxygen atoms in total. The summed E-state index contributed by atoms with van der Waals surface area (Å²) in [6, 6.07) is -0.736. The van der Waals surface area contributed by atoms with Gasteiger partial charge < -0.3 is 20.6 Å². The third-order valence-electron chi connectivity index (χ3n) is 7.90. The molecular formula is C34H67NO4. The molecule has 0 heterocycles. The summed E-state index contributed by atoms with van der Waals surface area (Å²) in [5.74, 6) is -0.558. The zero-order valence-corrected chi connectivity index (χ0v) is 26.0. The van der Waals surface area contributed by atoms with Crippen molar-refractivity contribution in [2.24, 2.45) is 0 Å². The molecule has 0 fully saturated rings. The quantitative estimate of drug-likeness (QED) is 0.0530. The van der Waals surface area contributed by atoms with Crippen LogP contribution in [-0.2, 0) is 4.79 Å². The van der Waals surface area contributed by atoms with E-state index in [0.29, 0.717) is 6.42 Å². The van der Waals surface area contributed by atoms with Crippen LogP contribution in [0.2, 0.25) is 0 Å². The van der Waals surface area contributed by atoms with Crippen LogP contribution in [0.15, 0.2) is 12.2 Å². The summed E-state index contributed by atoms with van der Waals surface area (Å²) >= 11 is 0. The summed E-state index contributed by atoms with van der Waals surface area (Å²) in [5, 5.41) is 32.8. The normalized spacial score (nSPS) is 14.1. The van der Waals surface area contributed by atoms with Crippen molar-refractivity contribution in [3.8, 4) is 0 Å². The molecule has 0 bridgehead atoms. The maximum Gasteiger partial charge on any atom is 0.253 e. The van der Waals surface area contributed by atoms with E-state index in [4.69, 9.17) is 0 Å². The molecule has 0 aromatic heterocycles. The monoisotopic (exact) mass is 554 g/mol. The lowest BCUT2D eigenvalue weighted by Crippen LogP contribution is -2.49. The van der Waals surface area contributed by atoms with E-state index in [9.17, 15) is 20.1 Å². The molecule has 0 unspecified atom stereocenters. The van der Waals surface area contributed by atoms with Gasteiger partial charge in [0.1, 0.15) is 0 Å². The smallest absolute Gasteiger partial charge is 0.253 e. The number of carbonyl (C=O) groups is 1. The number of carbonyl (C=O) groups excluding carboxylic acids is 1. The first kappa shape index (κ1) is 38.1. The van der Waals surface area contributed by atoms with Crippen molar-refractivity contribution < 1.29 is 20.1 Å². The molecule has 3 atom stereocenters. The Hall–Kier alpha value is -0.910. The van der Waals surface area contributed by atoms with Gasteiger partial charge in [0.2, 0.25) is 0 Å². The summed E-state index contributed by atoms with van der Waals surface area (Å²) < 4.78 is 0. The van der Waals surface area contributed by atoms with Crippen molar-refractivity contribution in [2.45, 2.75) is 193 Å². The fourth-order valence-electron chi connectivity index (χ4n) is 5.17. The predicted octanol–water partition coefficient (Wildman–Crippen LogP) is 8.53. The Balaban J connectivity index is 3.77. The zero-order valence-electron chi connectivity index (χ0n) is 26.0. The number of amides is 1. The maximum atomic E-state index is 12.3. The van der Waals surface area contributed by atoms with Gasteiger partial charge in [-0.15, -0.1) is 0 Å². The van der Waals surface area contributed by atoms with Gasteiger partial charge in [0.25, 0.3) is 5.91 Å². The van der Waals surface area contributed by atoms with Crippen molar-refractivity contribution >= 4 is 5.91 Å². The lowest BCUT2D eigenvalue weighted by molar-refractivity contribution is -0.129. The average Bonchev–Trinajstić information content (AvgIpc) is 2.94. The number of nitrogens with one attached hydrogen (secondary N) is 1. The third kappa shape index (κ3) is 25.8. The van der Waals surface area contributed by atoms with Crippen LogP contribution in [0.5, 0.6) is 0 Å². The van der Waals surface area contributed by atoms with Crippen LogP contribution in [0.1, 0.15) is 174 Å². The van der Waals surface area contributed by atoms with E-state index in [2.05, 4.69) is 19.2 Å². The summed E-state index contributed by atoms with van der Waals surface area (Å²) in [6.45, 7) is 4.17. The molecule has 5 heteroatoms. The second-order valence-electron chi connectivity index (χ2n) is 11.7. The van der Waals surface area contributed by atoms with E-state index in [-0.39, 0.29) is 6.61 Å². The molecule has 0 aliphatic rings. The molecule has 0 radical (unpaired) electrons. The Morgan fingerprint density at radius 3 is 1.41 bits per heavy atom. The first-order valence-electron chi connectivity index (χ1n) is 17.0. The standard InChI is InChI=1S/C34H67NO4/c1-3-5-7-9-11-13-15-17-19-20-22-24-26-28-32(37)31(30-36)35-34(39)33(38)29-27-25-23-21-18-16-14-12-10-8-6-4-2/h27,29,31-33,36-38H,3-26,28,30H2,1-2H3,(H,35,39)/b29-27+/t31-,32+,33+/m0/s1. The number of hydrogen-bond donors (Lipinski definition) is 4. The first-order chi connectivity index (χ1) is 19.1. The third-order valence-corrected chi connectivity index (χ3v) is 7.90. The highest BCUT2D eigenvalue weighted by Gasteiger charge is 2.22. The molecule has 4 N–H and O–H groups in total. The van der Waals surface area contributed by atoms with Gasteiger partial charge in [-0.1, -0.05) is 167 Å². The zero-order chi connectivity index (χ0) is 28.8. The summed E-state index contributed by atoms with van der Waals surface area (Å²) in [5.41, 5.74) is 0. The topological polar surface area (TPSA) is 89.8 Å². The van der Waals surface area contributed by atoms with Crippen molar-refractivity contribution in [3.63, 3.8) is 0 Å². The number of unbranched alkanes of at least 4 members (excludes halogenated alkanes) is 22. The van der Waals surface area contributed by atoms with Crippen LogP contribution in [0.25, 0.3) is 0 Å². The first-order valence-corrected chi connectivity index (χ1v) is 17.0. The minimum absolute atomic E-state index is 0.333. The number of hydrogen-bond acceptors (Lipinski definition) is 4. The summed E-state index contributed by atoms with van der Waals surface area (Å²) in [7, 11) is 0. The molecule has 1 amide bonds. The van der Waals surface area contributed by atoms with Gasteiger partial charge >= 0.3 is 0 Å². The second-order valence-corrected chi connectivity index (χ2v) is 11.7. The lowest BCUT2D eigenvalue weighted by Gasteiger charge is -2.23. The van der Waals surface area contributed by atoms with Crippen LogP contribution >= 0.6 is 0 Å². The molecule has 0 aromatic carbocycles. The Morgan fingerprint density at radius 2 is 1.00 bits per heavy atom. The highest BCUT2D eigenvalue weighted by molar-refractivity contribution is 5.82. The van der Waals surface area contributed by atoms with Gasteiger partial charge in [-0.05, 0) is 19.3 Å². The molecule has 0 saturated carbocycles. The van der Waals surface area contributed by atoms with Crippen molar-refractivity contribution in [2.75, 3.05) is 6.61 Å². The van der Waals surface area contributed by atoms with Crippen LogP contribution in [0, 0.1) is 0 Å². The van der Waals surface area contributed by atoms with Crippen molar-refractivity contribution in [1.82, 2.24) is 5.32 Å². The number of aliphatic hydroxyl groups is 3. The fourth-order valence-corrected chi connectivity index (χ4v) is 5.17. The molecule has 39 heavy (non-hydrogen) atoms. The van der Waals surface area contributed by atoms with E-state index in [1.807, 2.05) is 6.08 Å². The predicted molar refractivity (Wildman–Crippen MR) is 167 cm³/mol. The minimum atomic E-state index is -1.24. The second kappa shape index (κ2) is 30.1. The maximum absolute atomic E-state index is 12.3. The highest BCUT2D eigenvalue weighted by atomic mass is 16.3. The molecule has 0 saturated heterocycles. The molecule has 232 valence electrons. The Bertz CT molecular complexity index is 539. The number of allylic oxidation sites excluding steroid dienone is 1. The SMILES string of the molecule is CCCCCCCCCCCC/C=C/[C@@H](O)C(=O)N[C@@H](CO)[C@H](O)CCCCCCCCCCCCCCC. The minimum Gasteiger partial charge on any atom is -0.394 e. The molecular weight excluding hydrogens is 486 g/mol. The fraction of sp³-hybridized carbons (Fsp3) is 0.912. The number of aliphatic hydroxyl groups excluding tert-OH is 3. The van der Waals surface area contributed by atoms with Crippen LogP contribution < -0.4 is 5.32 Å². The molecule has 0 aliphatic carbocycles. The lowest BCUT2D eigenvalue weighted by atomic mass is 10.0. The highest BCUT2D eigenvalue weighted by Crippen LogP contribution is 2.15. The van der Waals surface area contributed by atoms with E-state index in [1.165, 1.54) is 134 Å². The largest absolute Gasteiger partial charge is 0.394 e. The van der Waals surface area contributed by atoms with Crippen LogP contribution in [0.3, 0.4) is 0 Å². The number of rotatable bonds is 30. The van der Waals surface area contributed by atoms with Crippen LogP contribution in [0.4, 0.5) is 0 Å². The van der Waals surface area contributed by atoms with E-state index in [0.717, 1.165) is 25.7 Å². The van der Waals surface area contributed by atoms with E-state index in [1.54, 1.807) is 0 Å². The van der Waals surface area contributed by atoms with Gasteiger partial charge in [-0.25, -0.2) is 0 Å². The van der Waals surface area contributed by atoms with Crippen molar-refractivity contribution in [1.29, 1.82) is 0 Å². The Kier molecular flexibility index (Phi) is 29.4. The van der Waals surface area contributed by atoms with Gasteiger partial charge in [0.15, 0.2) is 6.10 Å². The molecule has 0 aromatic rings. The van der Waals surface area contributed by atoms with Gasteiger partial charge in [0.05, 0.1) is 18.8 Å². The summed E-state index contributed by atoms with van der Waals surface area (Å²) in [4.78, 5) is 12.3. The van der Waals surface area contributed by atoms with E-state index < -0.39 is 24.2 Å². The van der Waals surface area contributed by atoms with E-state index >= 15 is 0 Å². The molecule has 0 rings (SSSR count). The Labute approximate surface area is 242 Å². The van der Waals surface area contributed by atoms with Crippen molar-refractivity contribution in [3.05, 3.63) is 12.2 Å². The van der Waals surface area contributed by atoms with Gasteiger partial charge in [0, 0.05) is 0 Å². The molecule has 0 spiro atoms. The Morgan fingerprint density at radius 1 is 0.615 bits per heavy atom. The van der Waals surface area contributed by atoms with Gasteiger partial charge in [-0.3, -0.25) is 4.79 Å².